The number of alkyl halides is 1. The van der Waals surface area contributed by atoms with Crippen molar-refractivity contribution in [1.82, 2.24) is 4.72 Å². The highest BCUT2D eigenvalue weighted by Gasteiger charge is 2.23. The lowest BCUT2D eigenvalue weighted by molar-refractivity contribution is 0.460. The van der Waals surface area contributed by atoms with E-state index in [2.05, 4.69) is 23.8 Å². The van der Waals surface area contributed by atoms with Gasteiger partial charge >= 0.3 is 0 Å². The molecule has 1 N–H and O–H groups in total. The maximum Gasteiger partial charge on any atom is 0.212 e. The predicted molar refractivity (Wildman–Crippen MR) is 90.2 cm³/mol. The van der Waals surface area contributed by atoms with E-state index in [-0.39, 0.29) is 23.6 Å². The lowest BCUT2D eigenvalue weighted by Gasteiger charge is -2.23. The first-order chi connectivity index (χ1) is 9.79. The van der Waals surface area contributed by atoms with Crippen LogP contribution in [0.4, 0.5) is 0 Å². The van der Waals surface area contributed by atoms with Crippen molar-refractivity contribution in [2.75, 3.05) is 11.6 Å². The molecule has 0 radical (unpaired) electrons. The van der Waals surface area contributed by atoms with Gasteiger partial charge in [-0.25, -0.2) is 13.1 Å². The highest BCUT2D eigenvalue weighted by atomic mass is 35.5. The van der Waals surface area contributed by atoms with Gasteiger partial charge in [-0.3, -0.25) is 0 Å². The fourth-order valence-electron chi connectivity index (χ4n) is 2.21. The maximum atomic E-state index is 12.2. The second kappa shape index (κ2) is 8.16. The molecule has 1 rings (SSSR count). The van der Waals surface area contributed by atoms with Gasteiger partial charge in [-0.15, -0.1) is 11.6 Å². The van der Waals surface area contributed by atoms with Gasteiger partial charge in [0.15, 0.2) is 0 Å². The summed E-state index contributed by atoms with van der Waals surface area (Å²) in [4.78, 5) is 0. The van der Waals surface area contributed by atoms with E-state index in [1.807, 2.05) is 32.9 Å². The van der Waals surface area contributed by atoms with Crippen LogP contribution in [0, 0.1) is 11.8 Å². The Morgan fingerprint density at radius 3 is 2.14 bits per heavy atom. The van der Waals surface area contributed by atoms with Crippen LogP contribution in [0.2, 0.25) is 0 Å². The highest BCUT2D eigenvalue weighted by Crippen LogP contribution is 2.23. The van der Waals surface area contributed by atoms with E-state index in [9.17, 15) is 8.42 Å². The Morgan fingerprint density at radius 2 is 1.71 bits per heavy atom. The summed E-state index contributed by atoms with van der Waals surface area (Å²) in [5.41, 5.74) is 2.25. The van der Waals surface area contributed by atoms with Gasteiger partial charge in [-0.2, -0.15) is 0 Å². The third kappa shape index (κ3) is 5.97. The fraction of sp³-hybridized carbons (Fsp3) is 0.625. The van der Waals surface area contributed by atoms with Crippen LogP contribution in [0.15, 0.2) is 24.3 Å². The largest absolute Gasteiger partial charge is 0.212 e. The summed E-state index contributed by atoms with van der Waals surface area (Å²) < 4.78 is 27.3. The Labute approximate surface area is 134 Å². The Bertz CT molecular complexity index is 526. The zero-order chi connectivity index (χ0) is 16.0. The lowest BCUT2D eigenvalue weighted by Crippen LogP contribution is -2.35. The minimum Gasteiger partial charge on any atom is -0.212 e. The first kappa shape index (κ1) is 18.5. The molecule has 0 aliphatic heterocycles. The minimum absolute atomic E-state index is 0.0561. The molecule has 0 aliphatic rings. The Balaban J connectivity index is 2.91. The molecule has 0 spiro atoms. The number of rotatable bonds is 8. The van der Waals surface area contributed by atoms with E-state index < -0.39 is 10.0 Å². The minimum atomic E-state index is -3.34. The van der Waals surface area contributed by atoms with Crippen LogP contribution >= 0.6 is 11.6 Å². The standard InChI is InChI=1S/C16H26ClNO2S/c1-5-14-6-8-15(9-7-14)16(12(2)3)18-21(19,20)11-13(4)10-17/h6-9,12-13,16,18H,5,10-11H2,1-4H3. The van der Waals surface area contributed by atoms with Crippen molar-refractivity contribution < 1.29 is 8.42 Å². The summed E-state index contributed by atoms with van der Waals surface area (Å²) in [6.45, 7) is 7.98. The van der Waals surface area contributed by atoms with Crippen molar-refractivity contribution in [3.8, 4) is 0 Å². The number of halogens is 1. The summed E-state index contributed by atoms with van der Waals surface area (Å²) in [6.07, 6.45) is 0.978. The Kier molecular flexibility index (Phi) is 7.17. The van der Waals surface area contributed by atoms with Gasteiger partial charge in [-0.05, 0) is 29.4 Å². The first-order valence-electron chi connectivity index (χ1n) is 7.43. The second-order valence-electron chi connectivity index (χ2n) is 5.98. The van der Waals surface area contributed by atoms with Crippen LogP contribution in [-0.2, 0) is 16.4 Å². The van der Waals surface area contributed by atoms with E-state index in [0.717, 1.165) is 12.0 Å². The van der Waals surface area contributed by atoms with Gasteiger partial charge in [0.05, 0.1) is 5.75 Å². The van der Waals surface area contributed by atoms with Crippen molar-refractivity contribution in [2.45, 2.75) is 40.2 Å². The second-order valence-corrected chi connectivity index (χ2v) is 8.08. The molecule has 21 heavy (non-hydrogen) atoms. The van der Waals surface area contributed by atoms with Crippen molar-refractivity contribution in [2.24, 2.45) is 11.8 Å². The van der Waals surface area contributed by atoms with Gasteiger partial charge in [0, 0.05) is 11.9 Å². The number of benzene rings is 1. The summed E-state index contributed by atoms with van der Waals surface area (Å²) >= 11 is 5.72. The van der Waals surface area contributed by atoms with Crippen molar-refractivity contribution in [1.29, 1.82) is 0 Å². The molecule has 0 aromatic heterocycles. The Hall–Kier alpha value is -0.580. The molecule has 0 saturated carbocycles. The molecule has 1 aromatic rings. The average molecular weight is 332 g/mol. The molecule has 0 bridgehead atoms. The van der Waals surface area contributed by atoms with Gasteiger partial charge < -0.3 is 0 Å². The fourth-order valence-corrected chi connectivity index (χ4v) is 4.21. The first-order valence-corrected chi connectivity index (χ1v) is 9.62. The molecular weight excluding hydrogens is 306 g/mol. The molecule has 2 atom stereocenters. The quantitative estimate of drug-likeness (QED) is 0.737. The third-order valence-electron chi connectivity index (χ3n) is 3.49. The van der Waals surface area contributed by atoms with Gasteiger partial charge in [-0.1, -0.05) is 52.0 Å². The summed E-state index contributed by atoms with van der Waals surface area (Å²) in [5, 5.41) is 0. The number of hydrogen-bond donors (Lipinski definition) is 1. The van der Waals surface area contributed by atoms with Crippen LogP contribution in [-0.4, -0.2) is 20.1 Å². The van der Waals surface area contributed by atoms with E-state index in [1.54, 1.807) is 0 Å². The summed E-state index contributed by atoms with van der Waals surface area (Å²) in [5.74, 6) is 0.531. The molecule has 0 aliphatic carbocycles. The van der Waals surface area contributed by atoms with Crippen LogP contribution < -0.4 is 4.72 Å². The van der Waals surface area contributed by atoms with E-state index in [0.29, 0.717) is 5.88 Å². The molecule has 0 heterocycles. The number of aryl methyl sites for hydroxylation is 1. The summed E-state index contributed by atoms with van der Waals surface area (Å²) in [6, 6.07) is 7.93. The van der Waals surface area contributed by atoms with Crippen molar-refractivity contribution >= 4 is 21.6 Å². The molecule has 0 fully saturated rings. The van der Waals surface area contributed by atoms with Gasteiger partial charge in [0.25, 0.3) is 0 Å². The molecule has 5 heteroatoms. The predicted octanol–water partition coefficient (Wildman–Crippen LogP) is 3.74. The van der Waals surface area contributed by atoms with Crippen molar-refractivity contribution in [3.05, 3.63) is 35.4 Å². The Morgan fingerprint density at radius 1 is 1.14 bits per heavy atom. The SMILES string of the molecule is CCc1ccc(C(NS(=O)(=O)CC(C)CCl)C(C)C)cc1. The maximum absolute atomic E-state index is 12.2. The zero-order valence-electron chi connectivity index (χ0n) is 13.3. The van der Waals surface area contributed by atoms with Gasteiger partial charge in [0.2, 0.25) is 10.0 Å². The normalized spacial score (nSPS) is 15.1. The van der Waals surface area contributed by atoms with Crippen LogP contribution in [0.3, 0.4) is 0 Å². The number of hydrogen-bond acceptors (Lipinski definition) is 2. The molecule has 3 nitrogen and oxygen atoms in total. The third-order valence-corrected chi connectivity index (χ3v) is 5.64. The molecule has 120 valence electrons. The topological polar surface area (TPSA) is 46.2 Å². The number of sulfonamides is 1. The molecule has 2 unspecified atom stereocenters. The summed E-state index contributed by atoms with van der Waals surface area (Å²) in [7, 11) is -3.34. The molecule has 1 aromatic carbocycles. The highest BCUT2D eigenvalue weighted by molar-refractivity contribution is 7.89. The van der Waals surface area contributed by atoms with Crippen LogP contribution in [0.5, 0.6) is 0 Å². The monoisotopic (exact) mass is 331 g/mol. The van der Waals surface area contributed by atoms with Crippen molar-refractivity contribution in [3.63, 3.8) is 0 Å². The number of nitrogens with one attached hydrogen (secondary N) is 1. The average Bonchev–Trinajstić information content (AvgIpc) is 2.44. The lowest BCUT2D eigenvalue weighted by atomic mass is 9.96. The van der Waals surface area contributed by atoms with Crippen LogP contribution in [0.25, 0.3) is 0 Å². The molecular formula is C16H26ClNO2S. The zero-order valence-corrected chi connectivity index (χ0v) is 14.8. The molecule has 0 amide bonds. The van der Waals surface area contributed by atoms with Crippen LogP contribution in [0.1, 0.15) is 44.9 Å². The smallest absolute Gasteiger partial charge is 0.212 e. The van der Waals surface area contributed by atoms with E-state index in [4.69, 9.17) is 11.6 Å². The molecule has 0 saturated heterocycles. The van der Waals surface area contributed by atoms with E-state index >= 15 is 0 Å². The van der Waals surface area contributed by atoms with E-state index in [1.165, 1.54) is 5.56 Å². The van der Waals surface area contributed by atoms with Gasteiger partial charge in [0.1, 0.15) is 0 Å².